The number of rotatable bonds is 5. The molecule has 5 rings (SSSR count). The summed E-state index contributed by atoms with van der Waals surface area (Å²) in [5.74, 6) is 0.551. The zero-order valence-electron chi connectivity index (χ0n) is 16.8. The highest BCUT2D eigenvalue weighted by atomic mass is 32.2. The number of fused-ring (bicyclic) bond motifs is 3. The Morgan fingerprint density at radius 2 is 1.87 bits per heavy atom. The Balaban J connectivity index is 1.57. The molecule has 1 aliphatic rings. The van der Waals surface area contributed by atoms with E-state index in [4.69, 9.17) is 9.40 Å². The predicted octanol–water partition coefficient (Wildman–Crippen LogP) is 4.69. The molecule has 0 saturated heterocycles. The molecular weight excluding hydrogens is 396 g/mol. The third-order valence-corrected chi connectivity index (χ3v) is 6.70. The maximum Gasteiger partial charge on any atom is 0.336 e. The van der Waals surface area contributed by atoms with Crippen LogP contribution in [0.5, 0.6) is 0 Å². The minimum atomic E-state index is -0.339. The highest BCUT2D eigenvalue weighted by Gasteiger charge is 2.16. The summed E-state index contributed by atoms with van der Waals surface area (Å²) in [6, 6.07) is 13.2. The molecule has 0 saturated carbocycles. The average molecular weight is 419 g/mol. The number of aromatic nitrogens is 2. The van der Waals surface area contributed by atoms with Gasteiger partial charge < -0.3 is 4.42 Å². The molecule has 6 heteroatoms. The van der Waals surface area contributed by atoms with Crippen LogP contribution in [0.1, 0.15) is 36.5 Å². The van der Waals surface area contributed by atoms with Crippen LogP contribution in [0.2, 0.25) is 0 Å². The fourth-order valence-corrected chi connectivity index (χ4v) is 5.25. The summed E-state index contributed by atoms with van der Waals surface area (Å²) in [4.78, 5) is 29.9. The van der Waals surface area contributed by atoms with Crippen LogP contribution in [-0.4, -0.2) is 9.55 Å². The zero-order valence-corrected chi connectivity index (χ0v) is 17.6. The van der Waals surface area contributed by atoms with Crippen molar-refractivity contribution in [3.8, 4) is 0 Å². The van der Waals surface area contributed by atoms with Gasteiger partial charge in [0.15, 0.2) is 5.16 Å². The molecule has 0 amide bonds. The number of nitrogens with zero attached hydrogens (tertiary/aromatic N) is 2. The molecule has 0 fully saturated rings. The molecule has 0 bridgehead atoms. The molecule has 5 nitrogen and oxygen atoms in total. The Labute approximate surface area is 177 Å². The van der Waals surface area contributed by atoms with E-state index >= 15 is 0 Å². The van der Waals surface area contributed by atoms with Crippen molar-refractivity contribution >= 4 is 33.6 Å². The lowest BCUT2D eigenvalue weighted by Gasteiger charge is -2.13. The Kier molecular flexibility index (Phi) is 4.95. The second-order valence-electron chi connectivity index (χ2n) is 7.72. The summed E-state index contributed by atoms with van der Waals surface area (Å²) >= 11 is 1.50. The van der Waals surface area contributed by atoms with Gasteiger partial charge in [0.25, 0.3) is 5.56 Å². The predicted molar refractivity (Wildman–Crippen MR) is 120 cm³/mol. The summed E-state index contributed by atoms with van der Waals surface area (Å²) in [5, 5.41) is 2.30. The summed E-state index contributed by atoms with van der Waals surface area (Å²) in [6.07, 6.45) is 4.10. The van der Waals surface area contributed by atoms with Gasteiger partial charge in [0, 0.05) is 23.8 Å². The largest absolute Gasteiger partial charge is 0.423 e. The van der Waals surface area contributed by atoms with Crippen LogP contribution in [-0.2, 0) is 25.1 Å². The molecule has 2 heterocycles. The van der Waals surface area contributed by atoms with Crippen molar-refractivity contribution in [3.05, 3.63) is 79.9 Å². The highest BCUT2D eigenvalue weighted by molar-refractivity contribution is 7.98. The lowest BCUT2D eigenvalue weighted by molar-refractivity contribution is 0.559. The number of benzene rings is 2. The maximum atomic E-state index is 13.0. The van der Waals surface area contributed by atoms with Crippen LogP contribution in [0.4, 0.5) is 0 Å². The monoisotopic (exact) mass is 418 g/mol. The lowest BCUT2D eigenvalue weighted by Crippen LogP contribution is -2.23. The number of hydrogen-bond acceptors (Lipinski definition) is 5. The summed E-state index contributed by atoms with van der Waals surface area (Å²) in [5.41, 5.74) is 4.54. The average Bonchev–Trinajstić information content (AvgIpc) is 3.20. The van der Waals surface area contributed by atoms with Gasteiger partial charge in [-0.1, -0.05) is 30.8 Å². The first-order valence-electron chi connectivity index (χ1n) is 10.3. The van der Waals surface area contributed by atoms with E-state index < -0.39 is 0 Å². The third-order valence-electron chi connectivity index (χ3n) is 5.67. The third kappa shape index (κ3) is 3.35. The normalized spacial score (nSPS) is 13.2. The van der Waals surface area contributed by atoms with E-state index in [2.05, 4.69) is 6.07 Å². The Morgan fingerprint density at radius 3 is 2.70 bits per heavy atom. The van der Waals surface area contributed by atoms with Gasteiger partial charge in [0.1, 0.15) is 5.58 Å². The molecule has 4 aromatic rings. The topological polar surface area (TPSA) is 65.1 Å². The smallest absolute Gasteiger partial charge is 0.336 e. The second kappa shape index (κ2) is 7.76. The first-order valence-corrected chi connectivity index (χ1v) is 11.3. The number of aryl methyl sites for hydroxylation is 2. The minimum Gasteiger partial charge on any atom is -0.423 e. The van der Waals surface area contributed by atoms with Crippen LogP contribution >= 0.6 is 11.8 Å². The van der Waals surface area contributed by atoms with Gasteiger partial charge in [-0.15, -0.1) is 0 Å². The summed E-state index contributed by atoms with van der Waals surface area (Å²) < 4.78 is 7.23. The molecule has 0 aliphatic heterocycles. The highest BCUT2D eigenvalue weighted by Crippen LogP contribution is 2.31. The molecule has 152 valence electrons. The van der Waals surface area contributed by atoms with Crippen LogP contribution in [0.15, 0.2) is 61.6 Å². The van der Waals surface area contributed by atoms with Crippen molar-refractivity contribution in [3.63, 3.8) is 0 Å². The molecule has 0 radical (unpaired) electrons. The molecule has 0 atom stereocenters. The van der Waals surface area contributed by atoms with Crippen molar-refractivity contribution in [2.75, 3.05) is 0 Å². The standard InChI is InChI=1S/C24H22N2O3S/c1-2-10-26-23(28)18-8-3-4-9-20(18)25-24(26)30-14-17-13-22(27)29-21-12-16-7-5-6-15(16)11-19(17)21/h3-4,8-9,11-13H,2,5-7,10,14H2,1H3. The van der Waals surface area contributed by atoms with Crippen LogP contribution in [0.3, 0.4) is 0 Å². The van der Waals surface area contributed by atoms with Gasteiger partial charge >= 0.3 is 5.63 Å². The fraction of sp³-hybridized carbons (Fsp3) is 0.292. The quantitative estimate of drug-likeness (QED) is 0.267. The molecule has 0 N–H and O–H groups in total. The number of para-hydroxylation sites is 1. The van der Waals surface area contributed by atoms with E-state index in [1.54, 1.807) is 10.6 Å². The van der Waals surface area contributed by atoms with Crippen molar-refractivity contribution in [1.29, 1.82) is 0 Å². The van der Waals surface area contributed by atoms with Gasteiger partial charge in [-0.25, -0.2) is 9.78 Å². The Morgan fingerprint density at radius 1 is 1.07 bits per heavy atom. The molecule has 1 aliphatic carbocycles. The summed E-state index contributed by atoms with van der Waals surface area (Å²) in [7, 11) is 0. The van der Waals surface area contributed by atoms with Gasteiger partial charge in [-0.3, -0.25) is 9.36 Å². The van der Waals surface area contributed by atoms with E-state index in [-0.39, 0.29) is 11.2 Å². The minimum absolute atomic E-state index is 0.0137. The van der Waals surface area contributed by atoms with Gasteiger partial charge in [0.05, 0.1) is 10.9 Å². The van der Waals surface area contributed by atoms with E-state index in [0.717, 1.165) is 36.6 Å². The molecule has 0 unspecified atom stereocenters. The molecule has 30 heavy (non-hydrogen) atoms. The first-order chi connectivity index (χ1) is 14.6. The number of hydrogen-bond donors (Lipinski definition) is 0. The summed E-state index contributed by atoms with van der Waals surface area (Å²) in [6.45, 7) is 2.66. The molecule has 0 spiro atoms. The van der Waals surface area contributed by atoms with Gasteiger partial charge in [-0.2, -0.15) is 0 Å². The van der Waals surface area contributed by atoms with Crippen LogP contribution in [0, 0.1) is 0 Å². The van der Waals surface area contributed by atoms with E-state index in [0.29, 0.717) is 33.9 Å². The number of thioether (sulfide) groups is 1. The van der Waals surface area contributed by atoms with E-state index in [1.165, 1.54) is 22.9 Å². The maximum absolute atomic E-state index is 13.0. The molecular formula is C24H22N2O3S. The van der Waals surface area contributed by atoms with Crippen LogP contribution in [0.25, 0.3) is 21.9 Å². The van der Waals surface area contributed by atoms with Gasteiger partial charge in [-0.05, 0) is 66.6 Å². The van der Waals surface area contributed by atoms with Crippen molar-refractivity contribution in [1.82, 2.24) is 9.55 Å². The van der Waals surface area contributed by atoms with Gasteiger partial charge in [0.2, 0.25) is 0 Å². The lowest BCUT2D eigenvalue weighted by atomic mass is 10.0. The second-order valence-corrected chi connectivity index (χ2v) is 8.66. The molecule has 2 aromatic heterocycles. The Hall–Kier alpha value is -2.86. The SMILES string of the molecule is CCCn1c(SCc2cc(=O)oc3cc4c(cc23)CCC4)nc2ccccc2c1=O. The first kappa shape index (κ1) is 19.1. The zero-order chi connectivity index (χ0) is 20.7. The van der Waals surface area contributed by atoms with Crippen molar-refractivity contribution < 1.29 is 4.42 Å². The molecule has 2 aromatic carbocycles. The van der Waals surface area contributed by atoms with E-state index in [1.807, 2.05) is 37.3 Å². The van der Waals surface area contributed by atoms with Crippen LogP contribution < -0.4 is 11.2 Å². The van der Waals surface area contributed by atoms with Crippen molar-refractivity contribution in [2.45, 2.75) is 50.1 Å². The van der Waals surface area contributed by atoms with E-state index in [9.17, 15) is 9.59 Å². The fourth-order valence-electron chi connectivity index (χ4n) is 4.24. The van der Waals surface area contributed by atoms with Crippen molar-refractivity contribution in [2.24, 2.45) is 0 Å². The Bertz CT molecular complexity index is 1390.